The Labute approximate surface area is 103 Å². The highest BCUT2D eigenvalue weighted by molar-refractivity contribution is 5.38. The molecule has 1 aromatic carbocycles. The van der Waals surface area contributed by atoms with Crippen LogP contribution in [0.4, 0.5) is 5.69 Å². The zero-order chi connectivity index (χ0) is 13.1. The van der Waals surface area contributed by atoms with Crippen LogP contribution in [0.3, 0.4) is 0 Å². The molecule has 0 fully saturated rings. The molecule has 1 heterocycles. The Morgan fingerprint density at radius 3 is 2.83 bits per heavy atom. The average Bonchev–Trinajstić information content (AvgIpc) is 2.71. The van der Waals surface area contributed by atoms with E-state index < -0.39 is 4.92 Å². The summed E-state index contributed by atoms with van der Waals surface area (Å²) in [5.41, 5.74) is 1.70. The number of aromatic nitrogens is 2. The van der Waals surface area contributed by atoms with Crippen LogP contribution in [0.5, 0.6) is 0 Å². The number of nitro groups is 1. The van der Waals surface area contributed by atoms with Crippen molar-refractivity contribution in [1.82, 2.24) is 9.78 Å². The number of hydrogen-bond donors (Lipinski definition) is 0. The zero-order valence-corrected chi connectivity index (χ0v) is 9.70. The third kappa shape index (κ3) is 2.20. The molecule has 0 aliphatic rings. The van der Waals surface area contributed by atoms with E-state index in [0.29, 0.717) is 17.8 Å². The van der Waals surface area contributed by atoms with Crippen molar-refractivity contribution < 1.29 is 4.92 Å². The van der Waals surface area contributed by atoms with Gasteiger partial charge in [0.25, 0.3) is 0 Å². The maximum absolute atomic E-state index is 10.7. The van der Waals surface area contributed by atoms with Gasteiger partial charge in [-0.1, -0.05) is 18.2 Å². The molecular formula is C12H10N4O2. The van der Waals surface area contributed by atoms with E-state index in [1.807, 2.05) is 6.07 Å². The van der Waals surface area contributed by atoms with E-state index in [4.69, 9.17) is 5.26 Å². The van der Waals surface area contributed by atoms with Crippen molar-refractivity contribution in [3.05, 3.63) is 57.4 Å². The molecule has 0 amide bonds. The maximum atomic E-state index is 10.7. The van der Waals surface area contributed by atoms with Crippen LogP contribution in [0, 0.1) is 28.4 Å². The Morgan fingerprint density at radius 1 is 1.50 bits per heavy atom. The van der Waals surface area contributed by atoms with E-state index >= 15 is 0 Å². The molecule has 0 radical (unpaired) electrons. The number of nitrogens with zero attached hydrogens (tertiary/aromatic N) is 4. The van der Waals surface area contributed by atoms with Crippen LogP contribution in [0.15, 0.2) is 30.5 Å². The second-order valence-corrected chi connectivity index (χ2v) is 3.82. The lowest BCUT2D eigenvalue weighted by atomic mass is 10.1. The van der Waals surface area contributed by atoms with E-state index in [2.05, 4.69) is 11.2 Å². The van der Waals surface area contributed by atoms with Gasteiger partial charge in [0.15, 0.2) is 0 Å². The molecule has 6 heteroatoms. The van der Waals surface area contributed by atoms with Gasteiger partial charge in [0.05, 0.1) is 23.1 Å². The van der Waals surface area contributed by atoms with E-state index in [0.717, 1.165) is 5.56 Å². The highest BCUT2D eigenvalue weighted by atomic mass is 16.6. The van der Waals surface area contributed by atoms with Crippen molar-refractivity contribution in [2.75, 3.05) is 0 Å². The van der Waals surface area contributed by atoms with E-state index in [1.165, 1.54) is 10.9 Å². The van der Waals surface area contributed by atoms with Crippen molar-refractivity contribution in [3.63, 3.8) is 0 Å². The highest BCUT2D eigenvalue weighted by Crippen LogP contribution is 2.17. The van der Waals surface area contributed by atoms with Crippen molar-refractivity contribution in [1.29, 1.82) is 5.26 Å². The molecule has 0 aliphatic carbocycles. The van der Waals surface area contributed by atoms with Crippen LogP contribution in [0.2, 0.25) is 0 Å². The van der Waals surface area contributed by atoms with Gasteiger partial charge in [-0.15, -0.1) is 0 Å². The molecule has 0 spiro atoms. The number of hydrogen-bond acceptors (Lipinski definition) is 4. The van der Waals surface area contributed by atoms with Gasteiger partial charge in [0, 0.05) is 0 Å². The lowest BCUT2D eigenvalue weighted by Gasteiger charge is -2.02. The summed E-state index contributed by atoms with van der Waals surface area (Å²) in [6.45, 7) is 1.93. The SMILES string of the molecule is Cc1nn(Cc2ccccc2C#N)cc1[N+](=O)[O-]. The van der Waals surface area contributed by atoms with Crippen molar-refractivity contribution in [2.24, 2.45) is 0 Å². The molecule has 90 valence electrons. The first kappa shape index (κ1) is 11.8. The van der Waals surface area contributed by atoms with Crippen molar-refractivity contribution in [2.45, 2.75) is 13.5 Å². The van der Waals surface area contributed by atoms with Gasteiger partial charge in [0.1, 0.15) is 11.9 Å². The normalized spacial score (nSPS) is 10.0. The van der Waals surface area contributed by atoms with Gasteiger partial charge >= 0.3 is 5.69 Å². The number of benzene rings is 1. The fourth-order valence-corrected chi connectivity index (χ4v) is 1.71. The minimum absolute atomic E-state index is 0.00978. The van der Waals surface area contributed by atoms with Gasteiger partial charge in [-0.05, 0) is 18.6 Å². The summed E-state index contributed by atoms with van der Waals surface area (Å²) in [6.07, 6.45) is 1.38. The van der Waals surface area contributed by atoms with Crippen molar-refractivity contribution >= 4 is 5.69 Å². The summed E-state index contributed by atoms with van der Waals surface area (Å²) >= 11 is 0. The van der Waals surface area contributed by atoms with Crippen LogP contribution < -0.4 is 0 Å². The molecule has 0 saturated carbocycles. The first-order valence-electron chi connectivity index (χ1n) is 5.28. The molecule has 0 atom stereocenters. The molecule has 2 rings (SSSR count). The number of rotatable bonds is 3. The van der Waals surface area contributed by atoms with Gasteiger partial charge in [0.2, 0.25) is 0 Å². The molecule has 18 heavy (non-hydrogen) atoms. The first-order chi connectivity index (χ1) is 8.61. The van der Waals surface area contributed by atoms with Crippen LogP contribution in [0.25, 0.3) is 0 Å². The average molecular weight is 242 g/mol. The van der Waals surface area contributed by atoms with Gasteiger partial charge in [-0.3, -0.25) is 14.8 Å². The Balaban J connectivity index is 2.32. The van der Waals surface area contributed by atoms with Gasteiger partial charge < -0.3 is 0 Å². The van der Waals surface area contributed by atoms with E-state index in [9.17, 15) is 10.1 Å². The quantitative estimate of drug-likeness (QED) is 0.608. The highest BCUT2D eigenvalue weighted by Gasteiger charge is 2.15. The minimum atomic E-state index is -0.463. The first-order valence-corrected chi connectivity index (χ1v) is 5.28. The molecule has 0 aliphatic heterocycles. The summed E-state index contributed by atoms with van der Waals surface area (Å²) < 4.78 is 1.48. The van der Waals surface area contributed by atoms with E-state index in [1.54, 1.807) is 25.1 Å². The molecule has 2 aromatic rings. The molecule has 0 bridgehead atoms. The standard InChI is InChI=1S/C12H10N4O2/c1-9-12(16(17)18)8-15(14-9)7-11-5-3-2-4-10(11)6-13/h2-5,8H,7H2,1H3. The van der Waals surface area contributed by atoms with Crippen LogP contribution >= 0.6 is 0 Å². The maximum Gasteiger partial charge on any atom is 0.309 e. The third-order valence-electron chi connectivity index (χ3n) is 2.59. The predicted molar refractivity (Wildman–Crippen MR) is 63.9 cm³/mol. The lowest BCUT2D eigenvalue weighted by molar-refractivity contribution is -0.385. The third-order valence-corrected chi connectivity index (χ3v) is 2.59. The summed E-state index contributed by atoms with van der Waals surface area (Å²) in [5, 5.41) is 23.7. The van der Waals surface area contributed by atoms with Crippen molar-refractivity contribution in [3.8, 4) is 6.07 Å². The molecule has 0 unspecified atom stereocenters. The lowest BCUT2D eigenvalue weighted by Crippen LogP contribution is -2.02. The van der Waals surface area contributed by atoms with Gasteiger partial charge in [-0.2, -0.15) is 10.4 Å². The summed E-state index contributed by atoms with van der Waals surface area (Å²) in [6, 6.07) is 9.20. The summed E-state index contributed by atoms with van der Waals surface area (Å²) in [4.78, 5) is 10.2. The Bertz CT molecular complexity index is 640. The van der Waals surface area contributed by atoms with Crippen LogP contribution in [-0.4, -0.2) is 14.7 Å². The topological polar surface area (TPSA) is 84.8 Å². The Kier molecular flexibility index (Phi) is 3.06. The molecule has 6 nitrogen and oxygen atoms in total. The fourth-order valence-electron chi connectivity index (χ4n) is 1.71. The largest absolute Gasteiger partial charge is 0.309 e. The second-order valence-electron chi connectivity index (χ2n) is 3.82. The minimum Gasteiger partial charge on any atom is -0.261 e. The van der Waals surface area contributed by atoms with E-state index in [-0.39, 0.29) is 5.69 Å². The Hall–Kier alpha value is -2.68. The number of aryl methyl sites for hydroxylation is 1. The monoisotopic (exact) mass is 242 g/mol. The van der Waals surface area contributed by atoms with Gasteiger partial charge in [-0.25, -0.2) is 0 Å². The van der Waals surface area contributed by atoms with Crippen LogP contribution in [0.1, 0.15) is 16.8 Å². The Morgan fingerprint density at radius 2 is 2.22 bits per heavy atom. The zero-order valence-electron chi connectivity index (χ0n) is 9.70. The fraction of sp³-hybridized carbons (Fsp3) is 0.167. The summed E-state index contributed by atoms with van der Waals surface area (Å²) in [5.74, 6) is 0. The molecule has 0 N–H and O–H groups in total. The predicted octanol–water partition coefficient (Wildman–Crippen LogP) is 2.02. The second kappa shape index (κ2) is 4.67. The summed E-state index contributed by atoms with van der Waals surface area (Å²) in [7, 11) is 0. The van der Waals surface area contributed by atoms with Crippen LogP contribution in [-0.2, 0) is 6.54 Å². The molecule has 1 aromatic heterocycles. The molecule has 0 saturated heterocycles. The smallest absolute Gasteiger partial charge is 0.261 e. The molecular weight excluding hydrogens is 232 g/mol. The number of nitriles is 1.